The van der Waals surface area contributed by atoms with Gasteiger partial charge in [0.15, 0.2) is 0 Å². The maximum atomic E-state index is 5.36. The molecular formula is C17H26N2. The number of nitrogen functional groups attached to an aromatic ring is 1. The average molecular weight is 258 g/mol. The Morgan fingerprint density at radius 1 is 0.789 bits per heavy atom. The summed E-state index contributed by atoms with van der Waals surface area (Å²) >= 11 is 0. The highest BCUT2D eigenvalue weighted by Crippen LogP contribution is 1.97. The number of benzene rings is 2. The van der Waals surface area contributed by atoms with Crippen LogP contribution in [0.3, 0.4) is 0 Å². The molecule has 0 fully saturated rings. The summed E-state index contributed by atoms with van der Waals surface area (Å²) in [7, 11) is 0. The highest BCUT2D eigenvalue weighted by atomic mass is 14.5. The lowest BCUT2D eigenvalue weighted by molar-refractivity contribution is 0.969. The van der Waals surface area contributed by atoms with Gasteiger partial charge in [0.2, 0.25) is 0 Å². The third-order valence-corrected chi connectivity index (χ3v) is 2.08. The summed E-state index contributed by atoms with van der Waals surface area (Å²) in [6.07, 6.45) is 2.24. The van der Waals surface area contributed by atoms with E-state index >= 15 is 0 Å². The van der Waals surface area contributed by atoms with Crippen molar-refractivity contribution < 1.29 is 0 Å². The van der Waals surface area contributed by atoms with Gasteiger partial charge in [-0.25, -0.2) is 0 Å². The molecule has 104 valence electrons. The molecule has 0 bridgehead atoms. The van der Waals surface area contributed by atoms with Crippen LogP contribution in [-0.2, 0) is 6.42 Å². The quantitative estimate of drug-likeness (QED) is 0.803. The van der Waals surface area contributed by atoms with Crippen LogP contribution in [0.25, 0.3) is 0 Å². The van der Waals surface area contributed by atoms with Crippen molar-refractivity contribution in [2.45, 2.75) is 26.7 Å². The fourth-order valence-corrected chi connectivity index (χ4v) is 1.26. The first-order valence-electron chi connectivity index (χ1n) is 6.79. The van der Waals surface area contributed by atoms with Crippen molar-refractivity contribution >= 4 is 5.69 Å². The molecule has 4 N–H and O–H groups in total. The van der Waals surface area contributed by atoms with Crippen molar-refractivity contribution in [2.75, 3.05) is 12.3 Å². The number of anilines is 1. The van der Waals surface area contributed by atoms with Gasteiger partial charge in [0, 0.05) is 5.69 Å². The van der Waals surface area contributed by atoms with Gasteiger partial charge in [-0.2, -0.15) is 0 Å². The van der Waals surface area contributed by atoms with E-state index in [2.05, 4.69) is 26.0 Å². The minimum Gasteiger partial charge on any atom is -0.399 e. The maximum absolute atomic E-state index is 5.36. The molecule has 0 radical (unpaired) electrons. The molecule has 0 aliphatic heterocycles. The summed E-state index contributed by atoms with van der Waals surface area (Å²) in [6, 6.07) is 19.7. The first kappa shape index (κ1) is 17.2. The summed E-state index contributed by atoms with van der Waals surface area (Å²) in [5.74, 6) is 0. The van der Waals surface area contributed by atoms with Gasteiger partial charge in [-0.15, -0.1) is 0 Å². The summed E-state index contributed by atoms with van der Waals surface area (Å²) < 4.78 is 0. The SMILES string of the molecule is CCC.NCCc1ccccc1.Nc1ccccc1. The molecule has 0 atom stereocenters. The Morgan fingerprint density at radius 3 is 1.53 bits per heavy atom. The van der Waals surface area contributed by atoms with Gasteiger partial charge >= 0.3 is 0 Å². The van der Waals surface area contributed by atoms with E-state index < -0.39 is 0 Å². The predicted octanol–water partition coefficient (Wildman–Crippen LogP) is 3.87. The molecule has 0 unspecified atom stereocenters. The zero-order valence-electron chi connectivity index (χ0n) is 12.0. The Kier molecular flexibility index (Phi) is 11.5. The van der Waals surface area contributed by atoms with Gasteiger partial charge in [-0.05, 0) is 30.7 Å². The first-order valence-corrected chi connectivity index (χ1v) is 6.79. The summed E-state index contributed by atoms with van der Waals surface area (Å²) in [6.45, 7) is 4.99. The second kappa shape index (κ2) is 12.7. The van der Waals surface area contributed by atoms with Crippen LogP contribution >= 0.6 is 0 Å². The molecule has 2 aromatic carbocycles. The molecule has 2 aromatic rings. The molecule has 0 aliphatic carbocycles. The van der Waals surface area contributed by atoms with Crippen molar-refractivity contribution in [3.8, 4) is 0 Å². The van der Waals surface area contributed by atoms with Gasteiger partial charge in [-0.3, -0.25) is 0 Å². The fraction of sp³-hybridized carbons (Fsp3) is 0.294. The zero-order chi connectivity index (χ0) is 14.3. The second-order valence-corrected chi connectivity index (χ2v) is 4.14. The van der Waals surface area contributed by atoms with E-state index in [0.717, 1.165) is 18.7 Å². The van der Waals surface area contributed by atoms with Crippen molar-refractivity contribution in [3.63, 3.8) is 0 Å². The van der Waals surface area contributed by atoms with E-state index in [1.165, 1.54) is 12.0 Å². The highest BCUT2D eigenvalue weighted by molar-refractivity contribution is 5.35. The lowest BCUT2D eigenvalue weighted by Crippen LogP contribution is -2.01. The lowest BCUT2D eigenvalue weighted by atomic mass is 10.2. The molecule has 19 heavy (non-hydrogen) atoms. The Bertz CT molecular complexity index is 385. The van der Waals surface area contributed by atoms with E-state index in [1.54, 1.807) is 0 Å². The predicted molar refractivity (Wildman–Crippen MR) is 86.0 cm³/mol. The summed E-state index contributed by atoms with van der Waals surface area (Å²) in [4.78, 5) is 0. The Morgan fingerprint density at radius 2 is 1.21 bits per heavy atom. The number of para-hydroxylation sites is 1. The van der Waals surface area contributed by atoms with Crippen molar-refractivity contribution in [1.29, 1.82) is 0 Å². The number of hydrogen-bond donors (Lipinski definition) is 2. The molecule has 2 rings (SSSR count). The monoisotopic (exact) mass is 258 g/mol. The van der Waals surface area contributed by atoms with Gasteiger partial charge in [-0.1, -0.05) is 68.8 Å². The van der Waals surface area contributed by atoms with E-state index in [-0.39, 0.29) is 0 Å². The number of hydrogen-bond acceptors (Lipinski definition) is 2. The molecule has 2 nitrogen and oxygen atoms in total. The molecule has 0 aromatic heterocycles. The van der Waals surface area contributed by atoms with E-state index in [0.29, 0.717) is 0 Å². The highest BCUT2D eigenvalue weighted by Gasteiger charge is 1.84. The van der Waals surface area contributed by atoms with Gasteiger partial charge in [0.05, 0.1) is 0 Å². The minimum absolute atomic E-state index is 0.740. The molecule has 0 heterocycles. The lowest BCUT2D eigenvalue weighted by Gasteiger charge is -1.93. The van der Waals surface area contributed by atoms with Crippen LogP contribution in [0, 0.1) is 0 Å². The molecule has 0 spiro atoms. The number of nitrogens with two attached hydrogens (primary N) is 2. The van der Waals surface area contributed by atoms with Crippen LogP contribution in [0.4, 0.5) is 5.69 Å². The van der Waals surface area contributed by atoms with Gasteiger partial charge in [0.1, 0.15) is 0 Å². The van der Waals surface area contributed by atoms with Crippen LogP contribution in [0.2, 0.25) is 0 Å². The summed E-state index contributed by atoms with van der Waals surface area (Å²) in [5.41, 5.74) is 12.9. The van der Waals surface area contributed by atoms with Crippen LogP contribution < -0.4 is 11.5 Å². The molecule has 0 saturated heterocycles. The second-order valence-electron chi connectivity index (χ2n) is 4.14. The van der Waals surface area contributed by atoms with Crippen LogP contribution in [-0.4, -0.2) is 6.54 Å². The van der Waals surface area contributed by atoms with Crippen molar-refractivity contribution in [2.24, 2.45) is 5.73 Å². The standard InChI is InChI=1S/C8H11N.C6H7N.C3H8/c9-7-6-8-4-2-1-3-5-8;7-6-4-2-1-3-5-6;1-3-2/h1-5H,6-7,9H2;1-5H,7H2;3H2,1-2H3. The Labute approximate surface area is 117 Å². The maximum Gasteiger partial charge on any atom is 0.0313 e. The Hall–Kier alpha value is -1.80. The molecule has 0 amide bonds. The zero-order valence-corrected chi connectivity index (χ0v) is 12.0. The first-order chi connectivity index (χ1) is 9.24. The third-order valence-electron chi connectivity index (χ3n) is 2.08. The molecular weight excluding hydrogens is 232 g/mol. The van der Waals surface area contributed by atoms with Gasteiger partial charge in [0.25, 0.3) is 0 Å². The van der Waals surface area contributed by atoms with Crippen molar-refractivity contribution in [3.05, 3.63) is 66.2 Å². The number of rotatable bonds is 2. The molecule has 0 saturated carbocycles. The molecule has 2 heteroatoms. The average Bonchev–Trinajstić information content (AvgIpc) is 2.43. The topological polar surface area (TPSA) is 52.0 Å². The Balaban J connectivity index is 0.000000289. The largest absolute Gasteiger partial charge is 0.399 e. The third kappa shape index (κ3) is 11.0. The van der Waals surface area contributed by atoms with Gasteiger partial charge < -0.3 is 11.5 Å². The fourth-order valence-electron chi connectivity index (χ4n) is 1.26. The van der Waals surface area contributed by atoms with Crippen LogP contribution in [0.5, 0.6) is 0 Å². The van der Waals surface area contributed by atoms with E-state index in [9.17, 15) is 0 Å². The smallest absolute Gasteiger partial charge is 0.0313 e. The van der Waals surface area contributed by atoms with Crippen LogP contribution in [0.1, 0.15) is 25.8 Å². The molecule has 0 aliphatic rings. The van der Waals surface area contributed by atoms with E-state index in [4.69, 9.17) is 11.5 Å². The van der Waals surface area contributed by atoms with Crippen LogP contribution in [0.15, 0.2) is 60.7 Å². The minimum atomic E-state index is 0.740. The summed E-state index contributed by atoms with van der Waals surface area (Å²) in [5, 5.41) is 0. The van der Waals surface area contributed by atoms with E-state index in [1.807, 2.05) is 48.5 Å². The normalized spacial score (nSPS) is 8.58. The van der Waals surface area contributed by atoms with Crippen molar-refractivity contribution in [1.82, 2.24) is 0 Å².